The maximum absolute atomic E-state index is 12.1. The summed E-state index contributed by atoms with van der Waals surface area (Å²) in [6.45, 7) is 2.49. The number of ether oxygens (including phenoxy) is 2. The monoisotopic (exact) mass is 348 g/mol. The lowest BCUT2D eigenvalue weighted by Gasteiger charge is -2.27. The van der Waals surface area contributed by atoms with Crippen molar-refractivity contribution in [2.75, 3.05) is 20.8 Å². The van der Waals surface area contributed by atoms with Crippen LogP contribution in [-0.2, 0) is 16.1 Å². The Kier molecular flexibility index (Phi) is 7.10. The lowest BCUT2D eigenvalue weighted by atomic mass is 10.2. The molecule has 0 unspecified atom stereocenters. The Bertz CT molecular complexity index is 597. The highest BCUT2D eigenvalue weighted by Gasteiger charge is 2.24. The zero-order valence-electron chi connectivity index (χ0n) is 15.3. The Morgan fingerprint density at radius 2 is 1.84 bits per heavy atom. The van der Waals surface area contributed by atoms with E-state index < -0.39 is 0 Å². The molecule has 1 aromatic carbocycles. The number of carbonyl (C=O) groups excluding carboxylic acids is 2. The highest BCUT2D eigenvalue weighted by molar-refractivity contribution is 5.78. The average molecular weight is 348 g/mol. The molecule has 1 aliphatic rings. The first-order valence-electron chi connectivity index (χ1n) is 8.80. The second-order valence-corrected chi connectivity index (χ2v) is 6.37. The molecule has 1 saturated carbocycles. The van der Waals surface area contributed by atoms with E-state index in [-0.39, 0.29) is 11.8 Å². The molecule has 0 heterocycles. The van der Waals surface area contributed by atoms with Crippen molar-refractivity contribution in [1.29, 1.82) is 0 Å². The molecule has 1 aromatic rings. The Balaban J connectivity index is 1.82. The first-order valence-corrected chi connectivity index (χ1v) is 8.80. The van der Waals surface area contributed by atoms with E-state index in [1.807, 2.05) is 23.1 Å². The summed E-state index contributed by atoms with van der Waals surface area (Å²) >= 11 is 0. The number of nitrogens with one attached hydrogen (secondary N) is 1. The van der Waals surface area contributed by atoms with Gasteiger partial charge < -0.3 is 19.7 Å². The summed E-state index contributed by atoms with van der Waals surface area (Å²) in [4.78, 5) is 25.8. The molecule has 0 saturated heterocycles. The summed E-state index contributed by atoms with van der Waals surface area (Å²) in [5.41, 5.74) is 0.935. The fourth-order valence-electron chi connectivity index (χ4n) is 3.31. The largest absolute Gasteiger partial charge is 0.493 e. The molecular weight excluding hydrogens is 320 g/mol. The van der Waals surface area contributed by atoms with Crippen molar-refractivity contribution >= 4 is 11.8 Å². The predicted octanol–water partition coefficient (Wildman–Crippen LogP) is 2.50. The van der Waals surface area contributed by atoms with Crippen LogP contribution in [0.25, 0.3) is 0 Å². The van der Waals surface area contributed by atoms with Gasteiger partial charge in [0.2, 0.25) is 11.8 Å². The number of carbonyl (C=O) groups is 2. The zero-order chi connectivity index (χ0) is 18.2. The minimum atomic E-state index is -0.0565. The minimum Gasteiger partial charge on any atom is -0.493 e. The highest BCUT2D eigenvalue weighted by Crippen LogP contribution is 2.27. The van der Waals surface area contributed by atoms with Crippen LogP contribution in [0, 0.1) is 0 Å². The standard InChI is InChI=1S/C19H28N2O4/c1-14(22)21(16-6-4-5-7-16)11-10-19(23)20-13-15-8-9-17(24-2)18(12-15)25-3/h8-9,12,16H,4-7,10-11,13H2,1-3H3,(H,20,23). The molecular formula is C19H28N2O4. The molecule has 0 radical (unpaired) electrons. The molecule has 6 heteroatoms. The van der Waals surface area contributed by atoms with E-state index >= 15 is 0 Å². The molecule has 6 nitrogen and oxygen atoms in total. The van der Waals surface area contributed by atoms with Crippen LogP contribution in [0.15, 0.2) is 18.2 Å². The molecule has 2 amide bonds. The van der Waals surface area contributed by atoms with E-state index in [1.165, 1.54) is 12.8 Å². The van der Waals surface area contributed by atoms with Crippen LogP contribution >= 0.6 is 0 Å². The van der Waals surface area contributed by atoms with Crippen LogP contribution < -0.4 is 14.8 Å². The first-order chi connectivity index (χ1) is 12.0. The maximum atomic E-state index is 12.1. The van der Waals surface area contributed by atoms with Crippen LogP contribution in [0.2, 0.25) is 0 Å². The van der Waals surface area contributed by atoms with Crippen molar-refractivity contribution in [3.8, 4) is 11.5 Å². The van der Waals surface area contributed by atoms with Gasteiger partial charge in [0.1, 0.15) is 0 Å². The fourth-order valence-corrected chi connectivity index (χ4v) is 3.31. The summed E-state index contributed by atoms with van der Waals surface area (Å²) in [6.07, 6.45) is 4.75. The van der Waals surface area contributed by atoms with Gasteiger partial charge in [0.05, 0.1) is 14.2 Å². The van der Waals surface area contributed by atoms with E-state index in [1.54, 1.807) is 21.1 Å². The van der Waals surface area contributed by atoms with E-state index in [4.69, 9.17) is 9.47 Å². The van der Waals surface area contributed by atoms with Crippen LogP contribution in [0.5, 0.6) is 11.5 Å². The quantitative estimate of drug-likeness (QED) is 0.784. The molecule has 0 bridgehead atoms. The van der Waals surface area contributed by atoms with Crippen molar-refractivity contribution < 1.29 is 19.1 Å². The van der Waals surface area contributed by atoms with Crippen molar-refractivity contribution in [2.45, 2.75) is 51.6 Å². The average Bonchev–Trinajstić information content (AvgIpc) is 3.13. The lowest BCUT2D eigenvalue weighted by molar-refractivity contribution is -0.131. The van der Waals surface area contributed by atoms with Gasteiger partial charge >= 0.3 is 0 Å². The number of rotatable bonds is 8. The Hall–Kier alpha value is -2.24. The van der Waals surface area contributed by atoms with Crippen LogP contribution in [0.4, 0.5) is 0 Å². The molecule has 0 aromatic heterocycles. The summed E-state index contributed by atoms with van der Waals surface area (Å²) in [6, 6.07) is 5.86. The van der Waals surface area contributed by atoms with Crippen molar-refractivity contribution in [3.05, 3.63) is 23.8 Å². The topological polar surface area (TPSA) is 67.9 Å². The van der Waals surface area contributed by atoms with Gasteiger partial charge in [-0.25, -0.2) is 0 Å². The van der Waals surface area contributed by atoms with Crippen LogP contribution in [0.3, 0.4) is 0 Å². The Labute approximate surface area is 149 Å². The number of benzene rings is 1. The van der Waals surface area contributed by atoms with Gasteiger partial charge in [-0.1, -0.05) is 18.9 Å². The second kappa shape index (κ2) is 9.30. The molecule has 1 aliphatic carbocycles. The van der Waals surface area contributed by atoms with Gasteiger partial charge in [-0.2, -0.15) is 0 Å². The normalized spacial score (nSPS) is 14.2. The summed E-state index contributed by atoms with van der Waals surface area (Å²) in [5.74, 6) is 1.29. The van der Waals surface area contributed by atoms with E-state index in [2.05, 4.69) is 5.32 Å². The highest BCUT2D eigenvalue weighted by atomic mass is 16.5. The van der Waals surface area contributed by atoms with E-state index in [0.717, 1.165) is 18.4 Å². The van der Waals surface area contributed by atoms with Gasteiger partial charge in [-0.15, -0.1) is 0 Å². The second-order valence-electron chi connectivity index (χ2n) is 6.37. The van der Waals surface area contributed by atoms with Gasteiger partial charge in [0, 0.05) is 32.5 Å². The molecule has 0 atom stereocenters. The van der Waals surface area contributed by atoms with Crippen molar-refractivity contribution in [1.82, 2.24) is 10.2 Å². The molecule has 0 aliphatic heterocycles. The first kappa shape index (κ1) is 19.1. The molecule has 1 N–H and O–H groups in total. The van der Waals surface area contributed by atoms with Crippen LogP contribution in [-0.4, -0.2) is 43.5 Å². The fraction of sp³-hybridized carbons (Fsp3) is 0.579. The van der Waals surface area contributed by atoms with Gasteiger partial charge in [0.15, 0.2) is 11.5 Å². The SMILES string of the molecule is COc1ccc(CNC(=O)CCN(C(C)=O)C2CCCC2)cc1OC. The third kappa shape index (κ3) is 5.37. The third-order valence-electron chi connectivity index (χ3n) is 4.69. The summed E-state index contributed by atoms with van der Waals surface area (Å²) in [7, 11) is 3.17. The van der Waals surface area contributed by atoms with E-state index in [0.29, 0.717) is 37.1 Å². The number of amides is 2. The zero-order valence-corrected chi connectivity index (χ0v) is 15.3. The Morgan fingerprint density at radius 1 is 1.16 bits per heavy atom. The van der Waals surface area contributed by atoms with Crippen molar-refractivity contribution in [2.24, 2.45) is 0 Å². The number of hydrogen-bond donors (Lipinski definition) is 1. The number of nitrogens with zero attached hydrogens (tertiary/aromatic N) is 1. The molecule has 25 heavy (non-hydrogen) atoms. The van der Waals surface area contributed by atoms with Crippen molar-refractivity contribution in [3.63, 3.8) is 0 Å². The number of hydrogen-bond acceptors (Lipinski definition) is 4. The maximum Gasteiger partial charge on any atom is 0.222 e. The molecule has 0 spiro atoms. The van der Waals surface area contributed by atoms with Gasteiger partial charge in [-0.05, 0) is 30.5 Å². The predicted molar refractivity (Wildman–Crippen MR) is 95.7 cm³/mol. The smallest absolute Gasteiger partial charge is 0.222 e. The molecule has 1 fully saturated rings. The van der Waals surface area contributed by atoms with Gasteiger partial charge in [0.25, 0.3) is 0 Å². The lowest BCUT2D eigenvalue weighted by Crippen LogP contribution is -2.39. The Morgan fingerprint density at radius 3 is 2.44 bits per heavy atom. The molecule has 138 valence electrons. The van der Waals surface area contributed by atoms with Gasteiger partial charge in [-0.3, -0.25) is 9.59 Å². The minimum absolute atomic E-state index is 0.0552. The number of methoxy groups -OCH3 is 2. The summed E-state index contributed by atoms with van der Waals surface area (Å²) < 4.78 is 10.5. The van der Waals surface area contributed by atoms with E-state index in [9.17, 15) is 9.59 Å². The summed E-state index contributed by atoms with van der Waals surface area (Å²) in [5, 5.41) is 2.90. The third-order valence-corrected chi connectivity index (χ3v) is 4.69. The van der Waals surface area contributed by atoms with Crippen LogP contribution in [0.1, 0.15) is 44.6 Å². The molecule has 2 rings (SSSR count).